The summed E-state index contributed by atoms with van der Waals surface area (Å²) >= 11 is 5.92. The first-order valence-electron chi connectivity index (χ1n) is 7.78. The Hall–Kier alpha value is -2.67. The molecule has 0 aromatic heterocycles. The van der Waals surface area contributed by atoms with Crippen LogP contribution in [0.15, 0.2) is 36.4 Å². The molecule has 1 fully saturated rings. The van der Waals surface area contributed by atoms with Gasteiger partial charge in [-0.15, -0.1) is 0 Å². The van der Waals surface area contributed by atoms with Gasteiger partial charge in [0.15, 0.2) is 0 Å². The van der Waals surface area contributed by atoms with Crippen LogP contribution in [0.5, 0.6) is 5.75 Å². The first-order valence-corrected chi connectivity index (χ1v) is 8.15. The molecular formula is C18H15ClF2N2O3. The third-order valence-electron chi connectivity index (χ3n) is 4.23. The Labute approximate surface area is 153 Å². The van der Waals surface area contributed by atoms with Gasteiger partial charge in [0.1, 0.15) is 28.5 Å². The van der Waals surface area contributed by atoms with Gasteiger partial charge in [0, 0.05) is 5.02 Å². The molecule has 5 nitrogen and oxygen atoms in total. The van der Waals surface area contributed by atoms with Gasteiger partial charge in [0.25, 0.3) is 0 Å². The van der Waals surface area contributed by atoms with Gasteiger partial charge in [0.2, 0.25) is 11.8 Å². The van der Waals surface area contributed by atoms with Crippen LogP contribution in [0.3, 0.4) is 0 Å². The predicted molar refractivity (Wildman–Crippen MR) is 93.3 cm³/mol. The lowest BCUT2D eigenvalue weighted by atomic mass is 10.0. The van der Waals surface area contributed by atoms with Gasteiger partial charge in [-0.3, -0.25) is 9.59 Å². The number of carbonyl (C=O) groups excluding carboxylic acids is 2. The Balaban J connectivity index is 1.79. The van der Waals surface area contributed by atoms with Crippen LogP contribution in [-0.2, 0) is 9.59 Å². The number of amides is 2. The number of hydrogen-bond donors (Lipinski definition) is 2. The van der Waals surface area contributed by atoms with Crippen molar-refractivity contribution < 1.29 is 23.1 Å². The lowest BCUT2D eigenvalue weighted by Gasteiger charge is -2.17. The summed E-state index contributed by atoms with van der Waals surface area (Å²) in [6.07, 6.45) is 0.535. The molecular weight excluding hydrogens is 366 g/mol. The topological polar surface area (TPSA) is 67.4 Å². The molecule has 0 bridgehead atoms. The summed E-state index contributed by atoms with van der Waals surface area (Å²) < 4.78 is 32.6. The maximum absolute atomic E-state index is 13.7. The zero-order valence-electron chi connectivity index (χ0n) is 13.7. The molecule has 0 atom stereocenters. The highest BCUT2D eigenvalue weighted by atomic mass is 35.5. The van der Waals surface area contributed by atoms with Crippen LogP contribution in [0.2, 0.25) is 5.02 Å². The van der Waals surface area contributed by atoms with Crippen LogP contribution in [0, 0.1) is 17.0 Å². The van der Waals surface area contributed by atoms with Gasteiger partial charge in [-0.2, -0.15) is 0 Å². The minimum Gasteiger partial charge on any atom is -0.495 e. The van der Waals surface area contributed by atoms with Crippen LogP contribution in [0.1, 0.15) is 12.8 Å². The molecule has 1 aliphatic rings. The van der Waals surface area contributed by atoms with Crippen LogP contribution in [-0.4, -0.2) is 18.9 Å². The molecule has 2 amide bonds. The van der Waals surface area contributed by atoms with Gasteiger partial charge >= 0.3 is 0 Å². The maximum atomic E-state index is 13.7. The van der Waals surface area contributed by atoms with E-state index in [1.165, 1.54) is 19.2 Å². The molecule has 2 N–H and O–H groups in total. The highest BCUT2D eigenvalue weighted by Crippen LogP contribution is 2.48. The molecule has 0 saturated heterocycles. The fourth-order valence-corrected chi connectivity index (χ4v) is 2.72. The van der Waals surface area contributed by atoms with E-state index in [0.717, 1.165) is 12.1 Å². The average molecular weight is 381 g/mol. The molecule has 0 unspecified atom stereocenters. The Kier molecular flexibility index (Phi) is 4.82. The fraction of sp³-hybridized carbons (Fsp3) is 0.222. The molecule has 26 heavy (non-hydrogen) atoms. The second kappa shape index (κ2) is 6.92. The van der Waals surface area contributed by atoms with E-state index < -0.39 is 34.6 Å². The minimum absolute atomic E-state index is 0.267. The number of anilines is 2. The second-order valence-corrected chi connectivity index (χ2v) is 6.37. The summed E-state index contributed by atoms with van der Waals surface area (Å²) in [4.78, 5) is 25.1. The van der Waals surface area contributed by atoms with E-state index in [1.807, 2.05) is 0 Å². The van der Waals surface area contributed by atoms with Crippen molar-refractivity contribution in [3.05, 3.63) is 53.1 Å². The van der Waals surface area contributed by atoms with E-state index in [1.54, 1.807) is 12.1 Å². The Bertz CT molecular complexity index is 864. The molecule has 0 aliphatic heterocycles. The summed E-state index contributed by atoms with van der Waals surface area (Å²) in [7, 11) is 1.43. The van der Waals surface area contributed by atoms with Crippen molar-refractivity contribution in [2.75, 3.05) is 17.7 Å². The number of ether oxygens (including phenoxy) is 1. The fourth-order valence-electron chi connectivity index (χ4n) is 2.55. The number of rotatable bonds is 5. The van der Waals surface area contributed by atoms with Crippen molar-refractivity contribution in [1.29, 1.82) is 0 Å². The lowest BCUT2D eigenvalue weighted by molar-refractivity contribution is -0.131. The molecule has 0 spiro atoms. The largest absolute Gasteiger partial charge is 0.495 e. The SMILES string of the molecule is COc1ccc(Cl)cc1NC(=O)C1(C(=O)Nc2c(F)cccc2F)CC1. The second-order valence-electron chi connectivity index (χ2n) is 5.93. The minimum atomic E-state index is -1.39. The normalized spacial score (nSPS) is 14.5. The molecule has 2 aromatic rings. The van der Waals surface area contributed by atoms with E-state index in [9.17, 15) is 18.4 Å². The van der Waals surface area contributed by atoms with Crippen molar-refractivity contribution in [2.24, 2.45) is 5.41 Å². The third kappa shape index (κ3) is 3.35. The molecule has 0 radical (unpaired) electrons. The summed E-state index contributed by atoms with van der Waals surface area (Å²) in [5.74, 6) is -2.80. The third-order valence-corrected chi connectivity index (χ3v) is 4.47. The summed E-state index contributed by atoms with van der Waals surface area (Å²) in [5.41, 5.74) is -1.65. The average Bonchev–Trinajstić information content (AvgIpc) is 3.40. The van der Waals surface area contributed by atoms with E-state index in [4.69, 9.17) is 16.3 Å². The van der Waals surface area contributed by atoms with E-state index in [2.05, 4.69) is 10.6 Å². The monoisotopic (exact) mass is 380 g/mol. The number of para-hydroxylation sites is 1. The molecule has 1 saturated carbocycles. The summed E-state index contributed by atoms with van der Waals surface area (Å²) in [6, 6.07) is 7.89. The predicted octanol–water partition coefficient (Wildman–Crippen LogP) is 3.98. The van der Waals surface area contributed by atoms with Crippen LogP contribution in [0.4, 0.5) is 20.2 Å². The van der Waals surface area contributed by atoms with Crippen LogP contribution in [0.25, 0.3) is 0 Å². The maximum Gasteiger partial charge on any atom is 0.240 e. The number of halogens is 3. The molecule has 0 heterocycles. The van der Waals surface area contributed by atoms with E-state index in [0.29, 0.717) is 16.5 Å². The van der Waals surface area contributed by atoms with Gasteiger partial charge < -0.3 is 15.4 Å². The quantitative estimate of drug-likeness (QED) is 0.771. The lowest BCUT2D eigenvalue weighted by Crippen LogP contribution is -2.36. The molecule has 1 aliphatic carbocycles. The number of hydrogen-bond acceptors (Lipinski definition) is 3. The standard InChI is InChI=1S/C18H15ClF2N2O3/c1-26-14-6-5-10(19)9-13(14)22-16(24)18(7-8-18)17(25)23-15-11(20)3-2-4-12(15)21/h2-6,9H,7-8H2,1H3,(H,22,24)(H,23,25). The molecule has 2 aromatic carbocycles. The van der Waals surface area contributed by atoms with Crippen molar-refractivity contribution in [1.82, 2.24) is 0 Å². The Morgan fingerprint density at radius 1 is 1.08 bits per heavy atom. The number of carbonyl (C=O) groups is 2. The number of benzene rings is 2. The zero-order valence-corrected chi connectivity index (χ0v) is 14.5. The van der Waals surface area contributed by atoms with Gasteiger partial charge in [0.05, 0.1) is 12.8 Å². The number of nitrogens with one attached hydrogen (secondary N) is 2. The Morgan fingerprint density at radius 3 is 2.27 bits per heavy atom. The van der Waals surface area contributed by atoms with Crippen molar-refractivity contribution in [3.63, 3.8) is 0 Å². The van der Waals surface area contributed by atoms with E-state index >= 15 is 0 Å². The van der Waals surface area contributed by atoms with Gasteiger partial charge in [-0.1, -0.05) is 17.7 Å². The summed E-state index contributed by atoms with van der Waals surface area (Å²) in [5, 5.41) is 5.16. The van der Waals surface area contributed by atoms with Crippen molar-refractivity contribution >= 4 is 34.8 Å². The van der Waals surface area contributed by atoms with Gasteiger partial charge in [-0.25, -0.2) is 8.78 Å². The highest BCUT2D eigenvalue weighted by Gasteiger charge is 2.57. The van der Waals surface area contributed by atoms with Crippen LogP contribution >= 0.6 is 11.6 Å². The molecule has 136 valence electrons. The number of methoxy groups -OCH3 is 1. The van der Waals surface area contributed by atoms with Crippen molar-refractivity contribution in [3.8, 4) is 5.75 Å². The van der Waals surface area contributed by atoms with Crippen molar-refractivity contribution in [2.45, 2.75) is 12.8 Å². The first kappa shape index (κ1) is 18.1. The van der Waals surface area contributed by atoms with Gasteiger partial charge in [-0.05, 0) is 43.2 Å². The first-order chi connectivity index (χ1) is 12.4. The van der Waals surface area contributed by atoms with Crippen LogP contribution < -0.4 is 15.4 Å². The molecule has 8 heteroatoms. The molecule has 3 rings (SSSR count). The smallest absolute Gasteiger partial charge is 0.240 e. The summed E-state index contributed by atoms with van der Waals surface area (Å²) in [6.45, 7) is 0. The van der Waals surface area contributed by atoms with E-state index in [-0.39, 0.29) is 12.8 Å². The highest BCUT2D eigenvalue weighted by molar-refractivity contribution is 6.31. The Morgan fingerprint density at radius 2 is 1.69 bits per heavy atom. The zero-order chi connectivity index (χ0) is 18.9.